The summed E-state index contributed by atoms with van der Waals surface area (Å²) in [5.41, 5.74) is 3.91. The zero-order valence-electron chi connectivity index (χ0n) is 12.0. The van der Waals surface area contributed by atoms with E-state index < -0.39 is 0 Å². The first kappa shape index (κ1) is 12.7. The van der Waals surface area contributed by atoms with Crippen LogP contribution in [0.5, 0.6) is 0 Å². The topological polar surface area (TPSA) is 0 Å². The molecule has 0 aliphatic heterocycles. The number of rotatable bonds is 0. The molecule has 17 heavy (non-hydrogen) atoms. The second kappa shape index (κ2) is 4.15. The third-order valence-electron chi connectivity index (χ3n) is 4.40. The van der Waals surface area contributed by atoms with Crippen molar-refractivity contribution in [3.8, 4) is 0 Å². The van der Waals surface area contributed by atoms with Gasteiger partial charge in [0, 0.05) is 0 Å². The van der Waals surface area contributed by atoms with Crippen molar-refractivity contribution in [2.24, 2.45) is 5.41 Å². The van der Waals surface area contributed by atoms with Crippen LogP contribution in [0.15, 0.2) is 24.3 Å². The van der Waals surface area contributed by atoms with E-state index in [1.54, 1.807) is 11.1 Å². The van der Waals surface area contributed by atoms with E-state index in [1.807, 2.05) is 0 Å². The SMILES string of the molecule is CC1CCC(C)(C)CC(C)(C)c2ccccc21. The summed E-state index contributed by atoms with van der Waals surface area (Å²) in [6.45, 7) is 12.1. The van der Waals surface area contributed by atoms with Gasteiger partial charge in [0.1, 0.15) is 0 Å². The largest absolute Gasteiger partial charge is 0.0620 e. The van der Waals surface area contributed by atoms with Gasteiger partial charge in [0.2, 0.25) is 0 Å². The van der Waals surface area contributed by atoms with Crippen LogP contribution in [0.4, 0.5) is 0 Å². The normalized spacial score (nSPS) is 26.8. The lowest BCUT2D eigenvalue weighted by Crippen LogP contribution is -2.30. The second-order valence-electron chi connectivity index (χ2n) is 7.25. The molecule has 0 radical (unpaired) electrons. The Bertz CT molecular complexity index is 398. The van der Waals surface area contributed by atoms with Gasteiger partial charge in [-0.2, -0.15) is 0 Å². The molecule has 2 rings (SSSR count). The van der Waals surface area contributed by atoms with E-state index in [-0.39, 0.29) is 0 Å². The van der Waals surface area contributed by atoms with Gasteiger partial charge in [-0.15, -0.1) is 0 Å². The van der Waals surface area contributed by atoms with E-state index >= 15 is 0 Å². The second-order valence-corrected chi connectivity index (χ2v) is 7.25. The van der Waals surface area contributed by atoms with Crippen molar-refractivity contribution in [2.45, 2.75) is 65.2 Å². The van der Waals surface area contributed by atoms with Crippen LogP contribution in [0.2, 0.25) is 0 Å². The lowest BCUT2D eigenvalue weighted by Gasteiger charge is -2.40. The highest BCUT2D eigenvalue weighted by atomic mass is 14.4. The van der Waals surface area contributed by atoms with E-state index in [2.05, 4.69) is 58.9 Å². The molecule has 0 nitrogen and oxygen atoms in total. The monoisotopic (exact) mass is 230 g/mol. The molecule has 0 aromatic heterocycles. The van der Waals surface area contributed by atoms with Gasteiger partial charge in [-0.25, -0.2) is 0 Å². The molecular formula is C17H26. The Hall–Kier alpha value is -0.780. The van der Waals surface area contributed by atoms with Gasteiger partial charge in [-0.05, 0) is 47.1 Å². The summed E-state index contributed by atoms with van der Waals surface area (Å²) < 4.78 is 0. The van der Waals surface area contributed by atoms with Crippen LogP contribution in [-0.4, -0.2) is 0 Å². The highest BCUT2D eigenvalue weighted by molar-refractivity contribution is 5.36. The summed E-state index contributed by atoms with van der Waals surface area (Å²) in [5, 5.41) is 0. The maximum Gasteiger partial charge on any atom is -0.00957 e. The molecule has 1 aromatic carbocycles. The fraction of sp³-hybridized carbons (Fsp3) is 0.647. The summed E-state index contributed by atoms with van der Waals surface area (Å²) in [7, 11) is 0. The van der Waals surface area contributed by atoms with Gasteiger partial charge in [0.05, 0.1) is 0 Å². The van der Waals surface area contributed by atoms with E-state index in [0.717, 1.165) is 0 Å². The molecule has 94 valence electrons. The fourth-order valence-electron chi connectivity index (χ4n) is 3.69. The Morgan fingerprint density at radius 2 is 1.71 bits per heavy atom. The Morgan fingerprint density at radius 1 is 1.06 bits per heavy atom. The van der Waals surface area contributed by atoms with Crippen molar-refractivity contribution in [3.63, 3.8) is 0 Å². The van der Waals surface area contributed by atoms with Crippen LogP contribution in [0.3, 0.4) is 0 Å². The molecule has 1 aromatic rings. The molecule has 1 aliphatic carbocycles. The van der Waals surface area contributed by atoms with Gasteiger partial charge in [-0.1, -0.05) is 58.9 Å². The van der Waals surface area contributed by atoms with Crippen molar-refractivity contribution in [1.29, 1.82) is 0 Å². The molecule has 0 heterocycles. The minimum atomic E-state index is 0.300. The minimum Gasteiger partial charge on any atom is -0.0620 e. The fourth-order valence-corrected chi connectivity index (χ4v) is 3.69. The summed E-state index contributed by atoms with van der Waals surface area (Å²) in [5.74, 6) is 0.699. The molecule has 0 fully saturated rings. The quantitative estimate of drug-likeness (QED) is 0.569. The summed E-state index contributed by atoms with van der Waals surface area (Å²) in [6, 6.07) is 9.06. The molecule has 0 spiro atoms. The van der Waals surface area contributed by atoms with Gasteiger partial charge >= 0.3 is 0 Å². The van der Waals surface area contributed by atoms with Crippen LogP contribution in [-0.2, 0) is 5.41 Å². The number of benzene rings is 1. The maximum absolute atomic E-state index is 2.43. The average Bonchev–Trinajstić information content (AvgIpc) is 2.24. The Balaban J connectivity index is 2.50. The predicted octanol–water partition coefficient (Wildman–Crippen LogP) is 5.28. The van der Waals surface area contributed by atoms with Gasteiger partial charge in [0.25, 0.3) is 0 Å². The zero-order valence-corrected chi connectivity index (χ0v) is 12.0. The molecule has 1 atom stereocenters. The van der Waals surface area contributed by atoms with Crippen molar-refractivity contribution >= 4 is 0 Å². The first-order chi connectivity index (χ1) is 7.82. The standard InChI is InChI=1S/C17H26/c1-13-10-11-16(2,3)12-17(4,5)15-9-7-6-8-14(13)15/h6-9,13H,10-12H2,1-5H3. The summed E-state index contributed by atoms with van der Waals surface area (Å²) in [4.78, 5) is 0. The van der Waals surface area contributed by atoms with Crippen LogP contribution >= 0.6 is 0 Å². The molecule has 0 saturated carbocycles. The number of fused-ring (bicyclic) bond motifs is 1. The Labute approximate surface area is 106 Å². The van der Waals surface area contributed by atoms with E-state index in [1.165, 1.54) is 19.3 Å². The lowest BCUT2D eigenvalue weighted by atomic mass is 9.65. The van der Waals surface area contributed by atoms with Crippen molar-refractivity contribution < 1.29 is 0 Å². The number of hydrogen-bond donors (Lipinski definition) is 0. The van der Waals surface area contributed by atoms with Gasteiger partial charge in [0.15, 0.2) is 0 Å². The molecule has 0 bridgehead atoms. The molecule has 1 unspecified atom stereocenters. The number of hydrogen-bond acceptors (Lipinski definition) is 0. The highest BCUT2D eigenvalue weighted by Crippen LogP contribution is 2.45. The van der Waals surface area contributed by atoms with Crippen molar-refractivity contribution in [1.82, 2.24) is 0 Å². The molecule has 1 aliphatic rings. The van der Waals surface area contributed by atoms with E-state index in [0.29, 0.717) is 16.7 Å². The third-order valence-corrected chi connectivity index (χ3v) is 4.40. The Kier molecular flexibility index (Phi) is 3.10. The molecule has 0 N–H and O–H groups in total. The van der Waals surface area contributed by atoms with E-state index in [9.17, 15) is 0 Å². The third kappa shape index (κ3) is 2.56. The van der Waals surface area contributed by atoms with Gasteiger partial charge in [-0.3, -0.25) is 0 Å². The molecule has 0 heteroatoms. The molecular weight excluding hydrogens is 204 g/mol. The van der Waals surface area contributed by atoms with Crippen molar-refractivity contribution in [3.05, 3.63) is 35.4 Å². The first-order valence-corrected chi connectivity index (χ1v) is 6.91. The van der Waals surface area contributed by atoms with E-state index in [4.69, 9.17) is 0 Å². The first-order valence-electron chi connectivity index (χ1n) is 6.91. The summed E-state index contributed by atoms with van der Waals surface area (Å²) in [6.07, 6.45) is 3.94. The highest BCUT2D eigenvalue weighted by Gasteiger charge is 2.34. The molecule has 0 amide bonds. The van der Waals surface area contributed by atoms with Crippen LogP contribution < -0.4 is 0 Å². The predicted molar refractivity (Wildman–Crippen MR) is 75.5 cm³/mol. The smallest absolute Gasteiger partial charge is 0.00957 e. The average molecular weight is 230 g/mol. The lowest BCUT2D eigenvalue weighted by molar-refractivity contribution is 0.219. The van der Waals surface area contributed by atoms with Crippen molar-refractivity contribution in [2.75, 3.05) is 0 Å². The maximum atomic E-state index is 2.43. The van der Waals surface area contributed by atoms with Crippen LogP contribution in [0, 0.1) is 5.41 Å². The van der Waals surface area contributed by atoms with Crippen LogP contribution in [0.25, 0.3) is 0 Å². The zero-order chi connectivity index (χ0) is 12.7. The Morgan fingerprint density at radius 3 is 2.41 bits per heavy atom. The summed E-state index contributed by atoms with van der Waals surface area (Å²) >= 11 is 0. The minimum absolute atomic E-state index is 0.300. The van der Waals surface area contributed by atoms with Gasteiger partial charge < -0.3 is 0 Å². The van der Waals surface area contributed by atoms with Crippen LogP contribution in [0.1, 0.15) is 70.9 Å². The molecule has 0 saturated heterocycles.